The zero-order valence-electron chi connectivity index (χ0n) is 31.9. The van der Waals surface area contributed by atoms with E-state index in [1.54, 1.807) is 24.3 Å². The summed E-state index contributed by atoms with van der Waals surface area (Å²) in [4.78, 5) is 24.4. The van der Waals surface area contributed by atoms with Gasteiger partial charge in [-0.15, -0.1) is 0 Å². The van der Waals surface area contributed by atoms with Gasteiger partial charge in [0.25, 0.3) is 0 Å². The molecule has 19 nitrogen and oxygen atoms in total. The molecule has 0 saturated carbocycles. The summed E-state index contributed by atoms with van der Waals surface area (Å²) in [5.41, 5.74) is -0.605. The number of amidine groups is 1. The van der Waals surface area contributed by atoms with Gasteiger partial charge in [0.15, 0.2) is 35.5 Å². The highest BCUT2D eigenvalue weighted by atomic mass is 16.7. The smallest absolute Gasteiger partial charge is 0.336 e. The molecule has 0 radical (unpaired) electrons. The van der Waals surface area contributed by atoms with Gasteiger partial charge in [0.2, 0.25) is 12.0 Å². The second-order valence-electron chi connectivity index (χ2n) is 14.4. The zero-order chi connectivity index (χ0) is 42.9. The minimum Gasteiger partial charge on any atom is -0.508 e. The van der Waals surface area contributed by atoms with Crippen molar-refractivity contribution < 1.29 is 79.8 Å². The van der Waals surface area contributed by atoms with Gasteiger partial charge in [-0.05, 0) is 58.4 Å². The van der Waals surface area contributed by atoms with Crippen molar-refractivity contribution in [3.8, 4) is 34.5 Å². The minimum atomic E-state index is -2.57. The van der Waals surface area contributed by atoms with Crippen molar-refractivity contribution >= 4 is 35.3 Å². The standard InChI is InChI=1S/C41H42N4O15/c1-2-19-9-20(11-23(47)10-19)17-56-36-29(59-40-35(51)37(52)41(55,38(60-40)39(53)54)14-22-15-43-18-44-22)13-28-32(34(36)50)26(48)12-27(58-28)21-3-5-24(6-4-21)57-30(16-46)33(49)25-7-8-31(42)45-25/h3-13,18,27,30,33,35,37-38,40,42,46-52,55H,2,14-17H2,1H3,(H,53,54)/p+1. The molecule has 8 unspecified atom stereocenters. The fraction of sp³-hybridized carbons (Fsp3) is 0.341. The molecule has 7 rings (SSSR count). The lowest BCUT2D eigenvalue weighted by Gasteiger charge is -2.46. The largest absolute Gasteiger partial charge is 0.508 e. The molecule has 1 saturated heterocycles. The Kier molecular flexibility index (Phi) is 11.9. The lowest BCUT2D eigenvalue weighted by molar-refractivity contribution is -0.303. The number of carboxylic acid groups (broad SMARTS) is 1. The van der Waals surface area contributed by atoms with E-state index in [9.17, 15) is 50.8 Å². The first-order valence-electron chi connectivity index (χ1n) is 18.7. The molecule has 4 aliphatic rings. The van der Waals surface area contributed by atoms with Crippen molar-refractivity contribution in [1.29, 1.82) is 0 Å². The van der Waals surface area contributed by atoms with E-state index in [1.165, 1.54) is 48.8 Å². The Balaban J connectivity index is 1.18. The van der Waals surface area contributed by atoms with E-state index in [1.807, 2.05) is 6.92 Å². The summed E-state index contributed by atoms with van der Waals surface area (Å²) in [5, 5.41) is 103. The molecule has 3 aromatic rings. The van der Waals surface area contributed by atoms with Crippen LogP contribution >= 0.6 is 0 Å². The van der Waals surface area contributed by atoms with Gasteiger partial charge < -0.3 is 69.6 Å². The van der Waals surface area contributed by atoms with E-state index in [0.29, 0.717) is 17.5 Å². The van der Waals surface area contributed by atoms with Gasteiger partial charge in [-0.2, -0.15) is 0 Å². The summed E-state index contributed by atoms with van der Waals surface area (Å²) in [6.07, 6.45) is -6.13. The van der Waals surface area contributed by atoms with Crippen LogP contribution in [0.3, 0.4) is 0 Å². The molecule has 0 aliphatic carbocycles. The third-order valence-electron chi connectivity index (χ3n) is 10.2. The summed E-state index contributed by atoms with van der Waals surface area (Å²) >= 11 is 0. The molecule has 8 atom stereocenters. The number of hydrogen-bond donors (Lipinski definition) is 10. The van der Waals surface area contributed by atoms with Gasteiger partial charge in [-0.25, -0.2) is 9.79 Å². The molecule has 3 aromatic carbocycles. The molecule has 4 aliphatic heterocycles. The highest BCUT2D eigenvalue weighted by molar-refractivity contribution is 6.15. The van der Waals surface area contributed by atoms with Gasteiger partial charge in [0, 0.05) is 30.4 Å². The van der Waals surface area contributed by atoms with Gasteiger partial charge in [0.05, 0.1) is 13.2 Å². The van der Waals surface area contributed by atoms with Crippen LogP contribution in [0.4, 0.5) is 0 Å². The van der Waals surface area contributed by atoms with Crippen molar-refractivity contribution in [2.45, 2.75) is 74.9 Å². The number of carboxylic acids is 1. The van der Waals surface area contributed by atoms with Gasteiger partial charge in [-0.3, -0.25) is 10.4 Å². The Morgan fingerprint density at radius 1 is 1.07 bits per heavy atom. The van der Waals surface area contributed by atoms with Crippen LogP contribution in [0.5, 0.6) is 34.5 Å². The van der Waals surface area contributed by atoms with E-state index in [2.05, 4.69) is 15.0 Å². The second-order valence-corrected chi connectivity index (χ2v) is 14.4. The fourth-order valence-corrected chi connectivity index (χ4v) is 7.14. The molecular weight excluding hydrogens is 788 g/mol. The molecule has 0 spiro atoms. The lowest BCUT2D eigenvalue weighted by atomic mass is 9.80. The van der Waals surface area contributed by atoms with Gasteiger partial charge in [0.1, 0.15) is 65.4 Å². The third-order valence-corrected chi connectivity index (χ3v) is 10.2. The summed E-state index contributed by atoms with van der Waals surface area (Å²) in [7, 11) is 0. The van der Waals surface area contributed by atoms with Crippen molar-refractivity contribution in [1.82, 2.24) is 0 Å². The molecule has 1 fully saturated rings. The first-order chi connectivity index (χ1) is 28.7. The van der Waals surface area contributed by atoms with Crippen LogP contribution in [0.1, 0.15) is 41.7 Å². The monoisotopic (exact) mass is 831 g/mol. The minimum absolute atomic E-state index is 0.0315. The van der Waals surface area contributed by atoms with Crippen molar-refractivity contribution in [2.24, 2.45) is 15.0 Å². The Morgan fingerprint density at radius 3 is 2.47 bits per heavy atom. The highest BCUT2D eigenvalue weighted by Gasteiger charge is 2.59. The van der Waals surface area contributed by atoms with Gasteiger partial charge >= 0.3 is 11.8 Å². The normalized spacial score (nSPS) is 25.4. The Labute approximate surface area is 341 Å². The second kappa shape index (κ2) is 17.1. The van der Waals surface area contributed by atoms with Crippen LogP contribution in [-0.2, 0) is 22.6 Å². The molecule has 60 heavy (non-hydrogen) atoms. The number of aliphatic imine (C=N–C) groups is 3. The topological polar surface area (TPSA) is 308 Å². The van der Waals surface area contributed by atoms with Crippen LogP contribution in [0.15, 0.2) is 81.7 Å². The van der Waals surface area contributed by atoms with Crippen molar-refractivity contribution in [3.05, 3.63) is 89.0 Å². The maximum absolute atomic E-state index is 12.5. The predicted molar refractivity (Wildman–Crippen MR) is 211 cm³/mol. The number of nitrogens with zero attached hydrogens (tertiary/aromatic N) is 3. The fourth-order valence-electron chi connectivity index (χ4n) is 7.14. The number of aryl methyl sites for hydroxylation is 1. The van der Waals surface area contributed by atoms with E-state index < -0.39 is 90.5 Å². The zero-order valence-corrected chi connectivity index (χ0v) is 31.9. The van der Waals surface area contributed by atoms with E-state index in [0.717, 1.165) is 5.56 Å². The third kappa shape index (κ3) is 8.39. The first kappa shape index (κ1) is 41.8. The highest BCUT2D eigenvalue weighted by Crippen LogP contribution is 2.51. The number of nitrogens with two attached hydrogens (primary N) is 1. The first-order valence-corrected chi connectivity index (χ1v) is 18.7. The number of carbonyl (C=O) groups is 1. The van der Waals surface area contributed by atoms with Crippen LogP contribution in [0.2, 0.25) is 0 Å². The van der Waals surface area contributed by atoms with Crippen LogP contribution in [0.25, 0.3) is 5.76 Å². The molecule has 11 N–H and O–H groups in total. The average Bonchev–Trinajstić information content (AvgIpc) is 3.91. The summed E-state index contributed by atoms with van der Waals surface area (Å²) in [6, 6.07) is 12.2. The predicted octanol–water partition coefficient (Wildman–Crippen LogP) is 0.0550. The number of hydrogen-bond acceptors (Lipinski definition) is 16. The number of aliphatic hydroxyl groups is 6. The number of aliphatic carboxylic acids is 1. The molecule has 316 valence electrons. The Hall–Kier alpha value is -6.35. The Morgan fingerprint density at radius 2 is 1.82 bits per heavy atom. The number of benzene rings is 3. The number of ether oxygens (including phenoxy) is 5. The van der Waals surface area contributed by atoms with Crippen LogP contribution in [0, 0.1) is 0 Å². The quantitative estimate of drug-likeness (QED) is 0.0968. The van der Waals surface area contributed by atoms with E-state index in [-0.39, 0.29) is 53.2 Å². The van der Waals surface area contributed by atoms with Crippen LogP contribution in [-0.4, -0.2) is 131 Å². The maximum Gasteiger partial charge on any atom is 0.336 e. The molecule has 0 bridgehead atoms. The SMILES string of the molecule is CCc1cc(O)cc(COc2c(OC3OC(C(=O)O)C(O)(CC4=NC=NC4)C(O)C3O)cc3c(c2O)C(O)=CC(c2ccc(OC(CO)C(O)C4=NC(=[NH2+])C=C4)cc2)O3)c1. The average molecular weight is 832 g/mol. The summed E-state index contributed by atoms with van der Waals surface area (Å²) in [6.45, 7) is 1.10. The molecule has 19 heteroatoms. The van der Waals surface area contributed by atoms with Crippen molar-refractivity contribution in [3.63, 3.8) is 0 Å². The number of phenolic OH excluding ortho intramolecular Hbond substituents is 2. The maximum atomic E-state index is 12.5. The molecule has 0 aromatic heterocycles. The van der Waals surface area contributed by atoms with E-state index >= 15 is 0 Å². The van der Waals surface area contributed by atoms with E-state index in [4.69, 9.17) is 29.1 Å². The summed E-state index contributed by atoms with van der Waals surface area (Å²) < 4.78 is 29.6. The van der Waals surface area contributed by atoms with Crippen LogP contribution < -0.4 is 24.4 Å². The number of rotatable bonds is 15. The van der Waals surface area contributed by atoms with Gasteiger partial charge in [-0.1, -0.05) is 25.1 Å². The Bertz CT molecular complexity index is 2310. The molecule has 4 heterocycles. The number of phenols is 2. The molecule has 0 amide bonds. The molecular formula is C41H43N4O15+. The number of aliphatic hydroxyl groups excluding tert-OH is 5. The lowest BCUT2D eigenvalue weighted by Crippen LogP contribution is -2.69. The number of aromatic hydroxyl groups is 2. The van der Waals surface area contributed by atoms with Crippen molar-refractivity contribution in [2.75, 3.05) is 13.2 Å². The summed E-state index contributed by atoms with van der Waals surface area (Å²) in [5.74, 6) is -3.38. The number of fused-ring (bicyclic) bond motifs is 1.